The molecule has 3 heteroatoms. The van der Waals surface area contributed by atoms with E-state index in [1.165, 1.54) is 5.56 Å². The number of aliphatic hydroxyl groups is 1. The van der Waals surface area contributed by atoms with Gasteiger partial charge in [-0.15, -0.1) is 0 Å². The van der Waals surface area contributed by atoms with E-state index in [1.807, 2.05) is 12.1 Å². The maximum Gasteiger partial charge on any atom is 0.118 e. The first-order chi connectivity index (χ1) is 9.80. The van der Waals surface area contributed by atoms with Crippen molar-refractivity contribution in [2.24, 2.45) is 5.41 Å². The van der Waals surface area contributed by atoms with Gasteiger partial charge in [-0.2, -0.15) is 0 Å². The zero-order chi connectivity index (χ0) is 15.9. The van der Waals surface area contributed by atoms with Gasteiger partial charge in [0.15, 0.2) is 0 Å². The Bertz CT molecular complexity index is 395. The van der Waals surface area contributed by atoms with Crippen LogP contribution in [-0.2, 0) is 6.42 Å². The first-order valence-electron chi connectivity index (χ1n) is 7.84. The normalized spacial score (nSPS) is 14.8. The molecule has 1 rings (SSSR count). The molecule has 1 aromatic carbocycles. The summed E-state index contributed by atoms with van der Waals surface area (Å²) >= 11 is 0. The monoisotopic (exact) mass is 293 g/mol. The molecule has 0 saturated carbocycles. The SMILES string of the molecule is COc1ccc(CCC(C)NCC(O)CC(C)(C)C)cc1. The average molecular weight is 293 g/mol. The van der Waals surface area contributed by atoms with Crippen LogP contribution in [0.2, 0.25) is 0 Å². The van der Waals surface area contributed by atoms with Gasteiger partial charge in [-0.05, 0) is 49.3 Å². The van der Waals surface area contributed by atoms with Crippen LogP contribution in [0.3, 0.4) is 0 Å². The lowest BCUT2D eigenvalue weighted by atomic mass is 9.89. The van der Waals surface area contributed by atoms with Gasteiger partial charge in [-0.3, -0.25) is 0 Å². The molecule has 0 bridgehead atoms. The zero-order valence-corrected chi connectivity index (χ0v) is 14.1. The number of benzene rings is 1. The lowest BCUT2D eigenvalue weighted by Gasteiger charge is -2.24. The van der Waals surface area contributed by atoms with Crippen molar-refractivity contribution in [1.82, 2.24) is 5.32 Å². The van der Waals surface area contributed by atoms with E-state index in [1.54, 1.807) is 7.11 Å². The Morgan fingerprint density at radius 3 is 2.33 bits per heavy atom. The molecule has 3 nitrogen and oxygen atoms in total. The van der Waals surface area contributed by atoms with Crippen LogP contribution in [0.15, 0.2) is 24.3 Å². The van der Waals surface area contributed by atoms with Crippen LogP contribution in [0.25, 0.3) is 0 Å². The molecule has 2 unspecified atom stereocenters. The molecule has 0 fully saturated rings. The zero-order valence-electron chi connectivity index (χ0n) is 14.1. The maximum absolute atomic E-state index is 10.0. The fraction of sp³-hybridized carbons (Fsp3) is 0.667. The molecule has 0 spiro atoms. The maximum atomic E-state index is 10.0. The van der Waals surface area contributed by atoms with Crippen LogP contribution in [-0.4, -0.2) is 30.9 Å². The molecule has 0 aliphatic carbocycles. The van der Waals surface area contributed by atoms with Crippen molar-refractivity contribution in [3.05, 3.63) is 29.8 Å². The molecule has 0 heterocycles. The predicted octanol–water partition coefficient (Wildman–Crippen LogP) is 3.40. The Morgan fingerprint density at radius 1 is 1.19 bits per heavy atom. The molecule has 120 valence electrons. The summed E-state index contributed by atoms with van der Waals surface area (Å²) in [7, 11) is 1.68. The molecule has 1 aromatic rings. The number of nitrogens with one attached hydrogen (secondary N) is 1. The topological polar surface area (TPSA) is 41.5 Å². The third kappa shape index (κ3) is 8.08. The van der Waals surface area contributed by atoms with Crippen LogP contribution in [0.5, 0.6) is 5.75 Å². The van der Waals surface area contributed by atoms with Crippen molar-refractivity contribution in [3.8, 4) is 5.75 Å². The second-order valence-corrected chi connectivity index (χ2v) is 7.11. The first kappa shape index (κ1) is 18.0. The van der Waals surface area contributed by atoms with Gasteiger partial charge < -0.3 is 15.2 Å². The number of aliphatic hydroxyl groups excluding tert-OH is 1. The van der Waals surface area contributed by atoms with E-state index in [4.69, 9.17) is 4.74 Å². The number of methoxy groups -OCH3 is 1. The second kappa shape index (κ2) is 8.40. The van der Waals surface area contributed by atoms with Crippen molar-refractivity contribution >= 4 is 0 Å². The van der Waals surface area contributed by atoms with Crippen LogP contribution >= 0.6 is 0 Å². The second-order valence-electron chi connectivity index (χ2n) is 7.11. The number of hydrogen-bond donors (Lipinski definition) is 2. The van der Waals surface area contributed by atoms with Gasteiger partial charge in [-0.1, -0.05) is 32.9 Å². The van der Waals surface area contributed by atoms with Gasteiger partial charge >= 0.3 is 0 Å². The van der Waals surface area contributed by atoms with Gasteiger partial charge in [-0.25, -0.2) is 0 Å². The highest BCUT2D eigenvalue weighted by molar-refractivity contribution is 5.27. The molecule has 0 radical (unpaired) electrons. The highest BCUT2D eigenvalue weighted by Gasteiger charge is 2.16. The Hall–Kier alpha value is -1.06. The van der Waals surface area contributed by atoms with Crippen molar-refractivity contribution in [2.45, 2.75) is 59.1 Å². The van der Waals surface area contributed by atoms with Crippen LogP contribution in [0.4, 0.5) is 0 Å². The third-order valence-corrected chi connectivity index (χ3v) is 3.58. The number of rotatable bonds is 8. The number of hydrogen-bond acceptors (Lipinski definition) is 3. The molecule has 21 heavy (non-hydrogen) atoms. The highest BCUT2D eigenvalue weighted by atomic mass is 16.5. The summed E-state index contributed by atoms with van der Waals surface area (Å²) in [6, 6.07) is 8.63. The van der Waals surface area contributed by atoms with Gasteiger partial charge in [0.2, 0.25) is 0 Å². The summed E-state index contributed by atoms with van der Waals surface area (Å²) in [5.74, 6) is 0.898. The molecular formula is C18H31NO2. The van der Waals surface area contributed by atoms with Crippen molar-refractivity contribution in [2.75, 3.05) is 13.7 Å². The minimum atomic E-state index is -0.270. The lowest BCUT2D eigenvalue weighted by molar-refractivity contribution is 0.117. The summed E-state index contributed by atoms with van der Waals surface area (Å²) < 4.78 is 5.16. The Balaban J connectivity index is 2.25. The Morgan fingerprint density at radius 2 is 1.81 bits per heavy atom. The van der Waals surface area contributed by atoms with E-state index in [0.29, 0.717) is 12.6 Å². The minimum Gasteiger partial charge on any atom is -0.497 e. The predicted molar refractivity (Wildman–Crippen MR) is 88.9 cm³/mol. The van der Waals surface area contributed by atoms with E-state index < -0.39 is 0 Å². The first-order valence-corrected chi connectivity index (χ1v) is 7.84. The standard InChI is InChI=1S/C18H31NO2/c1-14(19-13-16(20)12-18(2,3)4)6-7-15-8-10-17(21-5)11-9-15/h8-11,14,16,19-20H,6-7,12-13H2,1-5H3. The summed E-state index contributed by atoms with van der Waals surface area (Å²) in [5.41, 5.74) is 1.49. The quantitative estimate of drug-likeness (QED) is 0.772. The smallest absolute Gasteiger partial charge is 0.118 e. The van der Waals surface area contributed by atoms with E-state index in [2.05, 4.69) is 45.1 Å². The van der Waals surface area contributed by atoms with Gasteiger partial charge in [0.05, 0.1) is 13.2 Å². The fourth-order valence-corrected chi connectivity index (χ4v) is 2.39. The lowest BCUT2D eigenvalue weighted by Crippen LogP contribution is -2.35. The largest absolute Gasteiger partial charge is 0.497 e. The average Bonchev–Trinajstić information content (AvgIpc) is 2.41. The van der Waals surface area contributed by atoms with Crippen LogP contribution < -0.4 is 10.1 Å². The summed E-state index contributed by atoms with van der Waals surface area (Å²) in [5, 5.41) is 13.4. The third-order valence-electron chi connectivity index (χ3n) is 3.58. The van der Waals surface area contributed by atoms with E-state index in [0.717, 1.165) is 25.0 Å². The summed E-state index contributed by atoms with van der Waals surface area (Å²) in [6.45, 7) is 9.31. The molecule has 0 aliphatic rings. The highest BCUT2D eigenvalue weighted by Crippen LogP contribution is 2.20. The molecule has 0 saturated heterocycles. The Kier molecular flexibility index (Phi) is 7.20. The van der Waals surface area contributed by atoms with Crippen molar-refractivity contribution < 1.29 is 9.84 Å². The Labute approximate surface area is 129 Å². The molecule has 0 aliphatic heterocycles. The molecule has 0 aromatic heterocycles. The van der Waals surface area contributed by atoms with Crippen molar-refractivity contribution in [1.29, 1.82) is 0 Å². The fourth-order valence-electron chi connectivity index (χ4n) is 2.39. The molecule has 2 N–H and O–H groups in total. The van der Waals surface area contributed by atoms with E-state index >= 15 is 0 Å². The van der Waals surface area contributed by atoms with Crippen LogP contribution in [0.1, 0.15) is 46.1 Å². The van der Waals surface area contributed by atoms with Crippen LogP contribution in [0, 0.1) is 5.41 Å². The van der Waals surface area contributed by atoms with Gasteiger partial charge in [0.1, 0.15) is 5.75 Å². The van der Waals surface area contributed by atoms with E-state index in [-0.39, 0.29) is 11.5 Å². The van der Waals surface area contributed by atoms with Gasteiger partial charge in [0, 0.05) is 12.6 Å². The summed E-state index contributed by atoms with van der Waals surface area (Å²) in [4.78, 5) is 0. The minimum absolute atomic E-state index is 0.174. The van der Waals surface area contributed by atoms with Crippen molar-refractivity contribution in [3.63, 3.8) is 0 Å². The number of aryl methyl sites for hydroxylation is 1. The van der Waals surface area contributed by atoms with E-state index in [9.17, 15) is 5.11 Å². The summed E-state index contributed by atoms with van der Waals surface area (Å²) in [6.07, 6.45) is 2.65. The molecular weight excluding hydrogens is 262 g/mol. The van der Waals surface area contributed by atoms with Gasteiger partial charge in [0.25, 0.3) is 0 Å². The molecule has 0 amide bonds. The number of ether oxygens (including phenoxy) is 1. The molecule has 2 atom stereocenters.